The first kappa shape index (κ1) is 12.0. The van der Waals surface area contributed by atoms with Crippen molar-refractivity contribution in [2.75, 3.05) is 19.7 Å². The van der Waals surface area contributed by atoms with E-state index in [-0.39, 0.29) is 0 Å². The van der Waals surface area contributed by atoms with Crippen molar-refractivity contribution in [3.8, 4) is 0 Å². The molecule has 2 heteroatoms. The summed E-state index contributed by atoms with van der Waals surface area (Å²) in [6.07, 6.45) is 7.05. The fourth-order valence-corrected chi connectivity index (χ4v) is 2.13. The Kier molecular flexibility index (Phi) is 6.20. The largest absolute Gasteiger partial charge is 0.377 e. The van der Waals surface area contributed by atoms with Gasteiger partial charge in [0, 0.05) is 6.54 Å². The molecule has 14 heavy (non-hydrogen) atoms. The van der Waals surface area contributed by atoms with Crippen molar-refractivity contribution >= 4 is 0 Å². The van der Waals surface area contributed by atoms with E-state index in [0.717, 1.165) is 25.6 Å². The zero-order valence-corrected chi connectivity index (χ0v) is 9.72. The van der Waals surface area contributed by atoms with Crippen molar-refractivity contribution in [2.45, 2.75) is 52.1 Å². The Morgan fingerprint density at radius 1 is 1.29 bits per heavy atom. The van der Waals surface area contributed by atoms with E-state index in [1.165, 1.54) is 32.1 Å². The van der Waals surface area contributed by atoms with Crippen LogP contribution in [0, 0.1) is 5.92 Å². The summed E-state index contributed by atoms with van der Waals surface area (Å²) in [6, 6.07) is 0. The van der Waals surface area contributed by atoms with Crippen LogP contribution in [-0.2, 0) is 4.74 Å². The molecule has 0 saturated heterocycles. The third-order valence-corrected chi connectivity index (χ3v) is 2.95. The van der Waals surface area contributed by atoms with Crippen molar-refractivity contribution in [2.24, 2.45) is 5.92 Å². The summed E-state index contributed by atoms with van der Waals surface area (Å²) in [5.41, 5.74) is 0. The van der Waals surface area contributed by atoms with Gasteiger partial charge < -0.3 is 10.1 Å². The van der Waals surface area contributed by atoms with Crippen LogP contribution in [0.1, 0.15) is 46.0 Å². The van der Waals surface area contributed by atoms with Crippen LogP contribution in [0.5, 0.6) is 0 Å². The standard InChI is InChI=1S/C12H25NO/c1-3-7-13-8-9-14-12-6-4-5-11(2)10-12/h11-13H,3-10H2,1-2H3. The van der Waals surface area contributed by atoms with E-state index >= 15 is 0 Å². The molecule has 2 atom stereocenters. The van der Waals surface area contributed by atoms with E-state index in [1.54, 1.807) is 0 Å². The second-order valence-electron chi connectivity index (χ2n) is 4.51. The molecule has 84 valence electrons. The van der Waals surface area contributed by atoms with Gasteiger partial charge in [-0.2, -0.15) is 0 Å². The molecule has 0 radical (unpaired) electrons. The van der Waals surface area contributed by atoms with Gasteiger partial charge in [0.2, 0.25) is 0 Å². The summed E-state index contributed by atoms with van der Waals surface area (Å²) in [5.74, 6) is 0.873. The summed E-state index contributed by atoms with van der Waals surface area (Å²) in [4.78, 5) is 0. The van der Waals surface area contributed by atoms with Gasteiger partial charge in [0.15, 0.2) is 0 Å². The Morgan fingerprint density at radius 2 is 2.14 bits per heavy atom. The van der Waals surface area contributed by atoms with Crippen LogP contribution in [0.4, 0.5) is 0 Å². The summed E-state index contributed by atoms with van der Waals surface area (Å²) < 4.78 is 5.84. The lowest BCUT2D eigenvalue weighted by molar-refractivity contribution is 0.0175. The Balaban J connectivity index is 1.95. The average molecular weight is 199 g/mol. The fraction of sp³-hybridized carbons (Fsp3) is 1.00. The van der Waals surface area contributed by atoms with Crippen molar-refractivity contribution in [3.63, 3.8) is 0 Å². The van der Waals surface area contributed by atoms with Crippen molar-refractivity contribution < 1.29 is 4.74 Å². The molecule has 1 aliphatic carbocycles. The van der Waals surface area contributed by atoms with Crippen LogP contribution in [0.3, 0.4) is 0 Å². The minimum atomic E-state index is 0.544. The van der Waals surface area contributed by atoms with Gasteiger partial charge in [0.1, 0.15) is 0 Å². The zero-order chi connectivity index (χ0) is 10.2. The molecule has 1 rings (SSSR count). The van der Waals surface area contributed by atoms with Crippen LogP contribution in [0.15, 0.2) is 0 Å². The van der Waals surface area contributed by atoms with Crippen LogP contribution in [0.25, 0.3) is 0 Å². The number of hydrogen-bond acceptors (Lipinski definition) is 2. The lowest BCUT2D eigenvalue weighted by Crippen LogP contribution is -2.26. The second kappa shape index (κ2) is 7.24. The lowest BCUT2D eigenvalue weighted by Gasteiger charge is -2.26. The molecule has 0 amide bonds. The Morgan fingerprint density at radius 3 is 2.86 bits per heavy atom. The molecule has 0 aromatic heterocycles. The highest BCUT2D eigenvalue weighted by Crippen LogP contribution is 2.25. The summed E-state index contributed by atoms with van der Waals surface area (Å²) in [6.45, 7) is 7.54. The maximum Gasteiger partial charge on any atom is 0.0594 e. The van der Waals surface area contributed by atoms with Crippen LogP contribution in [-0.4, -0.2) is 25.8 Å². The third kappa shape index (κ3) is 4.97. The summed E-state index contributed by atoms with van der Waals surface area (Å²) in [5, 5.41) is 3.36. The highest BCUT2D eigenvalue weighted by molar-refractivity contribution is 4.70. The molecular weight excluding hydrogens is 174 g/mol. The smallest absolute Gasteiger partial charge is 0.0594 e. The van der Waals surface area contributed by atoms with Crippen molar-refractivity contribution in [1.29, 1.82) is 0 Å². The van der Waals surface area contributed by atoms with Gasteiger partial charge in [-0.05, 0) is 31.7 Å². The van der Waals surface area contributed by atoms with Gasteiger partial charge in [-0.25, -0.2) is 0 Å². The molecule has 2 nitrogen and oxygen atoms in total. The first-order chi connectivity index (χ1) is 6.83. The number of hydrogen-bond donors (Lipinski definition) is 1. The number of ether oxygens (including phenoxy) is 1. The van der Waals surface area contributed by atoms with E-state index in [1.807, 2.05) is 0 Å². The molecular formula is C12H25NO. The van der Waals surface area contributed by atoms with Crippen LogP contribution >= 0.6 is 0 Å². The van der Waals surface area contributed by atoms with Gasteiger partial charge >= 0.3 is 0 Å². The predicted octanol–water partition coefficient (Wildman–Crippen LogP) is 2.58. The highest BCUT2D eigenvalue weighted by Gasteiger charge is 2.18. The van der Waals surface area contributed by atoms with Crippen LogP contribution < -0.4 is 5.32 Å². The zero-order valence-electron chi connectivity index (χ0n) is 9.72. The van der Waals surface area contributed by atoms with E-state index < -0.39 is 0 Å². The normalized spacial score (nSPS) is 27.9. The maximum atomic E-state index is 5.84. The maximum absolute atomic E-state index is 5.84. The Bertz CT molecular complexity index is 138. The molecule has 0 spiro atoms. The van der Waals surface area contributed by atoms with Gasteiger partial charge in [-0.15, -0.1) is 0 Å². The first-order valence-electron chi connectivity index (χ1n) is 6.15. The Labute approximate surface area is 88.4 Å². The minimum absolute atomic E-state index is 0.544. The number of nitrogens with one attached hydrogen (secondary N) is 1. The molecule has 1 N–H and O–H groups in total. The average Bonchev–Trinajstić information content (AvgIpc) is 2.18. The molecule has 0 aromatic rings. The molecule has 0 aromatic carbocycles. The second-order valence-corrected chi connectivity index (χ2v) is 4.51. The predicted molar refractivity (Wildman–Crippen MR) is 60.5 cm³/mol. The molecule has 0 aliphatic heterocycles. The monoisotopic (exact) mass is 199 g/mol. The van der Waals surface area contributed by atoms with E-state index in [4.69, 9.17) is 4.74 Å². The van der Waals surface area contributed by atoms with Gasteiger partial charge in [0.05, 0.1) is 12.7 Å². The molecule has 1 saturated carbocycles. The molecule has 1 aliphatic rings. The molecule has 0 bridgehead atoms. The highest BCUT2D eigenvalue weighted by atomic mass is 16.5. The van der Waals surface area contributed by atoms with Crippen LogP contribution in [0.2, 0.25) is 0 Å². The summed E-state index contributed by atoms with van der Waals surface area (Å²) >= 11 is 0. The van der Waals surface area contributed by atoms with E-state index in [9.17, 15) is 0 Å². The molecule has 0 heterocycles. The van der Waals surface area contributed by atoms with Gasteiger partial charge in [-0.1, -0.05) is 26.7 Å². The Hall–Kier alpha value is -0.0800. The topological polar surface area (TPSA) is 21.3 Å². The lowest BCUT2D eigenvalue weighted by atomic mass is 9.89. The first-order valence-corrected chi connectivity index (χ1v) is 6.15. The van der Waals surface area contributed by atoms with Crippen molar-refractivity contribution in [3.05, 3.63) is 0 Å². The fourth-order valence-electron chi connectivity index (χ4n) is 2.13. The SMILES string of the molecule is CCCNCCOC1CCCC(C)C1. The molecule has 1 fully saturated rings. The number of rotatable bonds is 6. The third-order valence-electron chi connectivity index (χ3n) is 2.95. The summed E-state index contributed by atoms with van der Waals surface area (Å²) in [7, 11) is 0. The van der Waals surface area contributed by atoms with Gasteiger partial charge in [0.25, 0.3) is 0 Å². The van der Waals surface area contributed by atoms with E-state index in [0.29, 0.717) is 6.10 Å². The van der Waals surface area contributed by atoms with Crippen molar-refractivity contribution in [1.82, 2.24) is 5.32 Å². The molecule has 2 unspecified atom stereocenters. The quantitative estimate of drug-likeness (QED) is 0.664. The minimum Gasteiger partial charge on any atom is -0.377 e. The van der Waals surface area contributed by atoms with E-state index in [2.05, 4.69) is 19.2 Å². The van der Waals surface area contributed by atoms with Gasteiger partial charge in [-0.3, -0.25) is 0 Å².